The van der Waals surface area contributed by atoms with Crippen LogP contribution in [-0.2, 0) is 4.79 Å². The van der Waals surface area contributed by atoms with Gasteiger partial charge in [0.05, 0.1) is 5.56 Å². The largest absolute Gasteiger partial charge is 0.478 e. The molecule has 0 unspecified atom stereocenters. The fourth-order valence-electron chi connectivity index (χ4n) is 2.44. The SMILES string of the molecule is O=C(O)c1ccc2oc(SCCN3CCCCC3=O)nc2c1. The van der Waals surface area contributed by atoms with Crippen LogP contribution in [0.2, 0.25) is 0 Å². The molecule has 0 saturated carbocycles. The van der Waals surface area contributed by atoms with Crippen molar-refractivity contribution in [2.24, 2.45) is 0 Å². The number of aromatic carboxylic acids is 1. The molecule has 1 saturated heterocycles. The first-order chi connectivity index (χ1) is 10.6. The fourth-order valence-corrected chi connectivity index (χ4v) is 3.24. The molecule has 0 aliphatic carbocycles. The van der Waals surface area contributed by atoms with Gasteiger partial charge in [0, 0.05) is 25.3 Å². The molecular formula is C15H16N2O4S. The second kappa shape index (κ2) is 6.39. The lowest BCUT2D eigenvalue weighted by Crippen LogP contribution is -2.36. The molecular weight excluding hydrogens is 304 g/mol. The minimum atomic E-state index is -0.984. The van der Waals surface area contributed by atoms with Gasteiger partial charge >= 0.3 is 5.97 Å². The first-order valence-electron chi connectivity index (χ1n) is 7.18. The molecule has 1 aromatic heterocycles. The number of carboxylic acid groups (broad SMARTS) is 1. The number of rotatable bonds is 5. The molecule has 1 aliphatic heterocycles. The summed E-state index contributed by atoms with van der Waals surface area (Å²) in [6, 6.07) is 4.61. The van der Waals surface area contributed by atoms with Crippen LogP contribution in [0.3, 0.4) is 0 Å². The number of hydrogen-bond acceptors (Lipinski definition) is 5. The molecule has 1 aliphatic rings. The van der Waals surface area contributed by atoms with Crippen LogP contribution in [0.25, 0.3) is 11.1 Å². The minimum absolute atomic E-state index is 0.191. The summed E-state index contributed by atoms with van der Waals surface area (Å²) < 4.78 is 5.57. The molecule has 2 heterocycles. The Morgan fingerprint density at radius 1 is 1.41 bits per heavy atom. The van der Waals surface area contributed by atoms with E-state index in [-0.39, 0.29) is 11.5 Å². The molecule has 6 nitrogen and oxygen atoms in total. The van der Waals surface area contributed by atoms with E-state index in [0.717, 1.165) is 19.4 Å². The second-order valence-corrected chi connectivity index (χ2v) is 6.20. The highest BCUT2D eigenvalue weighted by Crippen LogP contribution is 2.24. The van der Waals surface area contributed by atoms with Gasteiger partial charge in [0.25, 0.3) is 5.22 Å². The van der Waals surface area contributed by atoms with Gasteiger partial charge in [0.2, 0.25) is 5.91 Å². The van der Waals surface area contributed by atoms with Crippen LogP contribution < -0.4 is 0 Å². The number of thioether (sulfide) groups is 1. The molecule has 3 rings (SSSR count). The molecule has 7 heteroatoms. The lowest BCUT2D eigenvalue weighted by atomic mass is 10.1. The number of carbonyl (C=O) groups is 2. The van der Waals surface area contributed by atoms with Crippen molar-refractivity contribution in [3.05, 3.63) is 23.8 Å². The molecule has 22 heavy (non-hydrogen) atoms. The number of aromatic nitrogens is 1. The van der Waals surface area contributed by atoms with E-state index >= 15 is 0 Å². The third kappa shape index (κ3) is 3.24. The zero-order valence-electron chi connectivity index (χ0n) is 11.9. The first kappa shape index (κ1) is 14.9. The fraction of sp³-hybridized carbons (Fsp3) is 0.400. The van der Waals surface area contributed by atoms with Crippen LogP contribution in [0.15, 0.2) is 27.8 Å². The smallest absolute Gasteiger partial charge is 0.335 e. The maximum Gasteiger partial charge on any atom is 0.335 e. The van der Waals surface area contributed by atoms with Gasteiger partial charge in [-0.3, -0.25) is 4.79 Å². The summed E-state index contributed by atoms with van der Waals surface area (Å²) in [6.45, 7) is 1.51. The Morgan fingerprint density at radius 3 is 3.05 bits per heavy atom. The summed E-state index contributed by atoms with van der Waals surface area (Å²) >= 11 is 1.44. The van der Waals surface area contributed by atoms with Crippen molar-refractivity contribution in [2.75, 3.05) is 18.8 Å². The molecule has 1 N–H and O–H groups in total. The summed E-state index contributed by atoms with van der Waals surface area (Å²) in [4.78, 5) is 28.8. The maximum atomic E-state index is 11.7. The van der Waals surface area contributed by atoms with E-state index in [9.17, 15) is 9.59 Å². The predicted octanol–water partition coefficient (Wildman–Crippen LogP) is 2.63. The van der Waals surface area contributed by atoms with Crippen molar-refractivity contribution in [2.45, 2.75) is 24.5 Å². The van der Waals surface area contributed by atoms with Gasteiger partial charge in [0.15, 0.2) is 5.58 Å². The Hall–Kier alpha value is -2.02. The summed E-state index contributed by atoms with van der Waals surface area (Å²) in [7, 11) is 0. The van der Waals surface area contributed by atoms with Gasteiger partial charge < -0.3 is 14.4 Å². The van der Waals surface area contributed by atoms with Crippen LogP contribution >= 0.6 is 11.8 Å². The van der Waals surface area contributed by atoms with E-state index in [1.165, 1.54) is 23.9 Å². The van der Waals surface area contributed by atoms with E-state index in [1.54, 1.807) is 6.07 Å². The molecule has 1 fully saturated rings. The van der Waals surface area contributed by atoms with Crippen molar-refractivity contribution in [3.63, 3.8) is 0 Å². The zero-order valence-corrected chi connectivity index (χ0v) is 12.8. The van der Waals surface area contributed by atoms with Gasteiger partial charge in [-0.05, 0) is 31.0 Å². The first-order valence-corrected chi connectivity index (χ1v) is 8.16. The molecule has 0 atom stereocenters. The number of fused-ring (bicyclic) bond motifs is 1. The third-order valence-electron chi connectivity index (χ3n) is 3.62. The Labute approximate surface area is 131 Å². The molecule has 116 valence electrons. The quantitative estimate of drug-likeness (QED) is 0.853. The van der Waals surface area contributed by atoms with Crippen molar-refractivity contribution < 1.29 is 19.1 Å². The van der Waals surface area contributed by atoms with E-state index in [4.69, 9.17) is 9.52 Å². The maximum absolute atomic E-state index is 11.7. The van der Waals surface area contributed by atoms with E-state index in [2.05, 4.69) is 4.98 Å². The van der Waals surface area contributed by atoms with Crippen molar-refractivity contribution in [1.82, 2.24) is 9.88 Å². The minimum Gasteiger partial charge on any atom is -0.478 e. The number of oxazole rings is 1. The number of carbonyl (C=O) groups excluding carboxylic acids is 1. The van der Waals surface area contributed by atoms with Gasteiger partial charge in [-0.15, -0.1) is 0 Å². The number of amides is 1. The zero-order chi connectivity index (χ0) is 15.5. The topological polar surface area (TPSA) is 83.6 Å². The monoisotopic (exact) mass is 320 g/mol. The average Bonchev–Trinajstić information content (AvgIpc) is 2.90. The summed E-state index contributed by atoms with van der Waals surface area (Å²) in [5.74, 6) is -0.0529. The Kier molecular flexibility index (Phi) is 4.33. The molecule has 2 aromatic rings. The number of carboxylic acids is 1. The number of benzene rings is 1. The Morgan fingerprint density at radius 2 is 2.27 bits per heavy atom. The van der Waals surface area contributed by atoms with Gasteiger partial charge in [-0.25, -0.2) is 9.78 Å². The summed E-state index contributed by atoms with van der Waals surface area (Å²) in [5, 5.41) is 9.46. The predicted molar refractivity (Wildman–Crippen MR) is 82.1 cm³/mol. The second-order valence-electron chi connectivity index (χ2n) is 5.15. The molecule has 0 bridgehead atoms. The van der Waals surface area contributed by atoms with E-state index in [0.29, 0.717) is 35.0 Å². The Bertz CT molecular complexity index is 713. The van der Waals surface area contributed by atoms with Crippen LogP contribution in [0.5, 0.6) is 0 Å². The summed E-state index contributed by atoms with van der Waals surface area (Å²) in [6.07, 6.45) is 2.70. The highest BCUT2D eigenvalue weighted by atomic mass is 32.2. The lowest BCUT2D eigenvalue weighted by Gasteiger charge is -2.26. The normalized spacial score (nSPS) is 15.5. The van der Waals surface area contributed by atoms with Gasteiger partial charge in [-0.1, -0.05) is 11.8 Å². The number of piperidine rings is 1. The number of likely N-dealkylation sites (tertiary alicyclic amines) is 1. The van der Waals surface area contributed by atoms with Crippen molar-refractivity contribution >= 4 is 34.7 Å². The van der Waals surface area contributed by atoms with Crippen LogP contribution in [-0.4, -0.2) is 45.7 Å². The van der Waals surface area contributed by atoms with Gasteiger partial charge in [0.1, 0.15) is 5.52 Å². The molecule has 0 radical (unpaired) electrons. The van der Waals surface area contributed by atoms with Crippen LogP contribution in [0.4, 0.5) is 0 Å². The number of hydrogen-bond donors (Lipinski definition) is 1. The van der Waals surface area contributed by atoms with Gasteiger partial charge in [-0.2, -0.15) is 0 Å². The van der Waals surface area contributed by atoms with Crippen molar-refractivity contribution in [1.29, 1.82) is 0 Å². The van der Waals surface area contributed by atoms with Crippen molar-refractivity contribution in [3.8, 4) is 0 Å². The van der Waals surface area contributed by atoms with Crippen LogP contribution in [0, 0.1) is 0 Å². The molecule has 1 aromatic carbocycles. The number of nitrogens with zero attached hydrogens (tertiary/aromatic N) is 2. The van der Waals surface area contributed by atoms with E-state index < -0.39 is 5.97 Å². The van der Waals surface area contributed by atoms with Crippen LogP contribution in [0.1, 0.15) is 29.6 Å². The lowest BCUT2D eigenvalue weighted by molar-refractivity contribution is -0.132. The highest BCUT2D eigenvalue weighted by Gasteiger charge is 2.18. The summed E-state index contributed by atoms with van der Waals surface area (Å²) in [5.41, 5.74) is 1.30. The standard InChI is InChI=1S/C15H16N2O4S/c18-13-3-1-2-6-17(13)7-8-22-15-16-11-9-10(14(19)20)4-5-12(11)21-15/h4-5,9H,1-3,6-8H2,(H,19,20). The molecule has 1 amide bonds. The average molecular weight is 320 g/mol. The Balaban J connectivity index is 1.61. The highest BCUT2D eigenvalue weighted by molar-refractivity contribution is 7.99. The third-order valence-corrected chi connectivity index (χ3v) is 4.43. The van der Waals surface area contributed by atoms with E-state index in [1.807, 2.05) is 4.90 Å². The molecule has 0 spiro atoms.